The van der Waals surface area contributed by atoms with E-state index in [-0.39, 0.29) is 0 Å². The molecule has 0 saturated carbocycles. The molecule has 1 aliphatic heterocycles. The summed E-state index contributed by atoms with van der Waals surface area (Å²) < 4.78 is 3.27. The number of hydrogen-bond donors (Lipinski definition) is 0. The van der Waals surface area contributed by atoms with Crippen molar-refractivity contribution in [2.24, 2.45) is 5.92 Å². The van der Waals surface area contributed by atoms with Gasteiger partial charge in [-0.3, -0.25) is 4.68 Å². The SMILES string of the molecule is CC1CN(C)CCC1n1cc2ccc(Br)cc2n1. The predicted octanol–water partition coefficient (Wildman–Crippen LogP) is 3.31. The molecule has 0 amide bonds. The van der Waals surface area contributed by atoms with Crippen LogP contribution in [0, 0.1) is 5.92 Å². The number of piperidine rings is 1. The molecule has 2 heterocycles. The quantitative estimate of drug-likeness (QED) is 0.806. The normalized spacial score (nSPS) is 25.7. The number of rotatable bonds is 1. The highest BCUT2D eigenvalue weighted by Gasteiger charge is 2.26. The van der Waals surface area contributed by atoms with Crippen molar-refractivity contribution < 1.29 is 0 Å². The molecule has 96 valence electrons. The number of aromatic nitrogens is 2. The fraction of sp³-hybridized carbons (Fsp3) is 0.500. The van der Waals surface area contributed by atoms with Crippen LogP contribution in [0.25, 0.3) is 10.9 Å². The van der Waals surface area contributed by atoms with Crippen LogP contribution in [0.3, 0.4) is 0 Å². The summed E-state index contributed by atoms with van der Waals surface area (Å²) in [7, 11) is 2.20. The molecule has 4 heteroatoms. The van der Waals surface area contributed by atoms with E-state index >= 15 is 0 Å². The number of hydrogen-bond acceptors (Lipinski definition) is 2. The average Bonchev–Trinajstić information content (AvgIpc) is 2.71. The summed E-state index contributed by atoms with van der Waals surface area (Å²) in [4.78, 5) is 2.40. The zero-order valence-corrected chi connectivity index (χ0v) is 12.4. The van der Waals surface area contributed by atoms with E-state index in [0.29, 0.717) is 12.0 Å². The third-order valence-corrected chi connectivity index (χ3v) is 4.38. The lowest BCUT2D eigenvalue weighted by molar-refractivity contribution is 0.151. The number of likely N-dealkylation sites (tertiary alicyclic amines) is 1. The van der Waals surface area contributed by atoms with Crippen LogP contribution in [0.4, 0.5) is 0 Å². The number of benzene rings is 1. The van der Waals surface area contributed by atoms with Crippen LogP contribution in [0.1, 0.15) is 19.4 Å². The predicted molar refractivity (Wildman–Crippen MR) is 77.7 cm³/mol. The van der Waals surface area contributed by atoms with Crippen molar-refractivity contribution in [3.05, 3.63) is 28.9 Å². The standard InChI is InChI=1S/C14H18BrN3/c1-10-8-17(2)6-5-14(10)18-9-11-3-4-12(15)7-13(11)16-18/h3-4,7,9-10,14H,5-6,8H2,1-2H3. The van der Waals surface area contributed by atoms with Crippen molar-refractivity contribution >= 4 is 26.8 Å². The molecule has 2 unspecified atom stereocenters. The van der Waals surface area contributed by atoms with E-state index in [0.717, 1.165) is 23.1 Å². The van der Waals surface area contributed by atoms with Crippen LogP contribution < -0.4 is 0 Å². The van der Waals surface area contributed by atoms with Gasteiger partial charge >= 0.3 is 0 Å². The minimum absolute atomic E-state index is 0.535. The molecule has 0 N–H and O–H groups in total. The Balaban J connectivity index is 1.94. The Morgan fingerprint density at radius 2 is 2.22 bits per heavy atom. The van der Waals surface area contributed by atoms with Crippen LogP contribution in [0.2, 0.25) is 0 Å². The number of halogens is 1. The fourth-order valence-electron chi connectivity index (χ4n) is 2.91. The molecule has 0 spiro atoms. The lowest BCUT2D eigenvalue weighted by Crippen LogP contribution is -2.37. The van der Waals surface area contributed by atoms with E-state index < -0.39 is 0 Å². The first-order valence-electron chi connectivity index (χ1n) is 6.46. The second-order valence-electron chi connectivity index (χ2n) is 5.41. The molecule has 1 saturated heterocycles. The topological polar surface area (TPSA) is 21.1 Å². The maximum Gasteiger partial charge on any atom is 0.0934 e. The van der Waals surface area contributed by atoms with Crippen molar-refractivity contribution in [3.8, 4) is 0 Å². The van der Waals surface area contributed by atoms with Crippen molar-refractivity contribution in [1.82, 2.24) is 14.7 Å². The first-order chi connectivity index (χ1) is 8.63. The zero-order chi connectivity index (χ0) is 12.7. The molecule has 3 rings (SSSR count). The van der Waals surface area contributed by atoms with Crippen LogP contribution in [0.5, 0.6) is 0 Å². The largest absolute Gasteiger partial charge is 0.306 e. The lowest BCUT2D eigenvalue weighted by Gasteiger charge is -2.34. The Morgan fingerprint density at radius 3 is 3.00 bits per heavy atom. The van der Waals surface area contributed by atoms with Gasteiger partial charge < -0.3 is 4.90 Å². The molecular formula is C14H18BrN3. The summed E-state index contributed by atoms with van der Waals surface area (Å²) in [6, 6.07) is 6.83. The molecule has 1 aromatic carbocycles. The van der Waals surface area contributed by atoms with Gasteiger partial charge in [-0.25, -0.2) is 0 Å². The van der Waals surface area contributed by atoms with Gasteiger partial charge in [-0.1, -0.05) is 28.9 Å². The molecule has 2 aromatic rings. The molecule has 1 aliphatic rings. The minimum atomic E-state index is 0.535. The Kier molecular flexibility index (Phi) is 3.16. The lowest BCUT2D eigenvalue weighted by atomic mass is 9.94. The maximum atomic E-state index is 4.74. The van der Waals surface area contributed by atoms with E-state index in [1.54, 1.807) is 0 Å². The summed E-state index contributed by atoms with van der Waals surface area (Å²) in [5.41, 5.74) is 1.08. The highest BCUT2D eigenvalue weighted by molar-refractivity contribution is 9.10. The number of fused-ring (bicyclic) bond motifs is 1. The Morgan fingerprint density at radius 1 is 1.39 bits per heavy atom. The van der Waals surface area contributed by atoms with E-state index in [4.69, 9.17) is 5.10 Å². The summed E-state index contributed by atoms with van der Waals surface area (Å²) in [5.74, 6) is 0.654. The third kappa shape index (κ3) is 2.19. The van der Waals surface area contributed by atoms with Gasteiger partial charge in [-0.15, -0.1) is 0 Å². The minimum Gasteiger partial charge on any atom is -0.306 e. The van der Waals surface area contributed by atoms with E-state index in [2.05, 4.69) is 63.9 Å². The highest BCUT2D eigenvalue weighted by atomic mass is 79.9. The smallest absolute Gasteiger partial charge is 0.0934 e. The Hall–Kier alpha value is -0.870. The first kappa shape index (κ1) is 12.2. The Bertz CT molecular complexity index is 563. The van der Waals surface area contributed by atoms with E-state index in [1.807, 2.05) is 0 Å². The summed E-state index contributed by atoms with van der Waals surface area (Å²) in [5, 5.41) is 5.97. The molecule has 18 heavy (non-hydrogen) atoms. The van der Waals surface area contributed by atoms with Gasteiger partial charge in [-0.05, 0) is 38.1 Å². The van der Waals surface area contributed by atoms with Gasteiger partial charge in [0.15, 0.2) is 0 Å². The third-order valence-electron chi connectivity index (χ3n) is 3.89. The number of nitrogens with zero attached hydrogens (tertiary/aromatic N) is 3. The van der Waals surface area contributed by atoms with Crippen LogP contribution in [-0.2, 0) is 0 Å². The van der Waals surface area contributed by atoms with Crippen LogP contribution in [-0.4, -0.2) is 34.8 Å². The van der Waals surface area contributed by atoms with Gasteiger partial charge in [0, 0.05) is 22.6 Å². The molecule has 0 bridgehead atoms. The molecule has 0 aliphatic carbocycles. The van der Waals surface area contributed by atoms with Gasteiger partial charge in [0.2, 0.25) is 0 Å². The molecule has 1 aromatic heterocycles. The highest BCUT2D eigenvalue weighted by Crippen LogP contribution is 2.28. The van der Waals surface area contributed by atoms with Crippen molar-refractivity contribution in [2.45, 2.75) is 19.4 Å². The van der Waals surface area contributed by atoms with Crippen LogP contribution >= 0.6 is 15.9 Å². The molecule has 1 fully saturated rings. The van der Waals surface area contributed by atoms with Crippen molar-refractivity contribution in [1.29, 1.82) is 0 Å². The van der Waals surface area contributed by atoms with Crippen molar-refractivity contribution in [3.63, 3.8) is 0 Å². The summed E-state index contributed by atoms with van der Waals surface area (Å²) in [6.45, 7) is 4.64. The maximum absolute atomic E-state index is 4.74. The first-order valence-corrected chi connectivity index (χ1v) is 7.26. The summed E-state index contributed by atoms with van der Waals surface area (Å²) in [6.07, 6.45) is 3.38. The second-order valence-corrected chi connectivity index (χ2v) is 6.32. The molecule has 0 radical (unpaired) electrons. The van der Waals surface area contributed by atoms with Gasteiger partial charge in [-0.2, -0.15) is 5.10 Å². The average molecular weight is 308 g/mol. The molecule has 2 atom stereocenters. The monoisotopic (exact) mass is 307 g/mol. The second kappa shape index (κ2) is 4.67. The van der Waals surface area contributed by atoms with Crippen LogP contribution in [0.15, 0.2) is 28.9 Å². The van der Waals surface area contributed by atoms with Gasteiger partial charge in [0.25, 0.3) is 0 Å². The fourth-order valence-corrected chi connectivity index (χ4v) is 3.26. The molecule has 3 nitrogen and oxygen atoms in total. The van der Waals surface area contributed by atoms with Gasteiger partial charge in [0.1, 0.15) is 0 Å². The summed E-state index contributed by atoms with van der Waals surface area (Å²) >= 11 is 3.50. The van der Waals surface area contributed by atoms with E-state index in [9.17, 15) is 0 Å². The Labute approximate surface area is 116 Å². The zero-order valence-electron chi connectivity index (χ0n) is 10.8. The molecular weight excluding hydrogens is 290 g/mol. The van der Waals surface area contributed by atoms with E-state index in [1.165, 1.54) is 11.8 Å². The van der Waals surface area contributed by atoms with Crippen molar-refractivity contribution in [2.75, 3.05) is 20.1 Å². The van der Waals surface area contributed by atoms with Gasteiger partial charge in [0.05, 0.1) is 11.6 Å².